The Morgan fingerprint density at radius 2 is 2.00 bits per heavy atom. The molecule has 3 N–H and O–H groups in total. The van der Waals surface area contributed by atoms with Crippen LogP contribution in [0.25, 0.3) is 0 Å². The zero-order chi connectivity index (χ0) is 12.2. The minimum Gasteiger partial charge on any atom is -0.481 e. The van der Waals surface area contributed by atoms with E-state index < -0.39 is 11.4 Å². The van der Waals surface area contributed by atoms with Crippen LogP contribution in [0.1, 0.15) is 25.3 Å². The van der Waals surface area contributed by atoms with Gasteiger partial charge in [0.15, 0.2) is 0 Å². The summed E-state index contributed by atoms with van der Waals surface area (Å²) < 4.78 is 0.980. The van der Waals surface area contributed by atoms with Gasteiger partial charge in [0.25, 0.3) is 0 Å². The summed E-state index contributed by atoms with van der Waals surface area (Å²) in [4.78, 5) is 10.9. The molecule has 1 atom stereocenters. The van der Waals surface area contributed by atoms with Crippen molar-refractivity contribution >= 4 is 21.9 Å². The second-order valence-corrected chi connectivity index (χ2v) is 4.83. The molecule has 0 saturated carbocycles. The molecule has 0 heterocycles. The van der Waals surface area contributed by atoms with Gasteiger partial charge >= 0.3 is 5.97 Å². The molecule has 1 aromatic rings. The molecule has 0 amide bonds. The highest BCUT2D eigenvalue weighted by Gasteiger charge is 2.31. The lowest BCUT2D eigenvalue weighted by Gasteiger charge is -2.30. The maximum absolute atomic E-state index is 10.9. The molecule has 0 aliphatic heterocycles. The molecule has 0 saturated heterocycles. The largest absolute Gasteiger partial charge is 0.481 e. The summed E-state index contributed by atoms with van der Waals surface area (Å²) in [5.74, 6) is -0.810. The fourth-order valence-corrected chi connectivity index (χ4v) is 2.12. The van der Waals surface area contributed by atoms with Gasteiger partial charge in [-0.25, -0.2) is 0 Å². The van der Waals surface area contributed by atoms with Crippen molar-refractivity contribution in [3.63, 3.8) is 0 Å². The van der Waals surface area contributed by atoms with Crippen LogP contribution >= 0.6 is 15.9 Å². The normalized spacial score (nSPS) is 14.4. The van der Waals surface area contributed by atoms with E-state index in [4.69, 9.17) is 10.8 Å². The summed E-state index contributed by atoms with van der Waals surface area (Å²) in [6.45, 7) is 2.31. The number of nitrogens with two attached hydrogens (primary N) is 1. The van der Waals surface area contributed by atoms with Crippen LogP contribution in [0.15, 0.2) is 28.7 Å². The second-order valence-electron chi connectivity index (χ2n) is 3.92. The Bertz CT molecular complexity index is 358. The third-order valence-corrected chi connectivity index (χ3v) is 3.54. The van der Waals surface area contributed by atoms with E-state index in [2.05, 4.69) is 15.9 Å². The summed E-state index contributed by atoms with van der Waals surface area (Å²) in [5.41, 5.74) is 6.30. The van der Waals surface area contributed by atoms with Gasteiger partial charge in [0, 0.05) is 16.4 Å². The van der Waals surface area contributed by atoms with Crippen LogP contribution in [-0.2, 0) is 10.2 Å². The Kier molecular flexibility index (Phi) is 4.50. The summed E-state index contributed by atoms with van der Waals surface area (Å²) >= 11 is 3.36. The molecule has 0 aliphatic rings. The Morgan fingerprint density at radius 1 is 1.44 bits per heavy atom. The fourth-order valence-electron chi connectivity index (χ4n) is 1.86. The molecule has 16 heavy (non-hydrogen) atoms. The third kappa shape index (κ3) is 2.83. The first-order chi connectivity index (χ1) is 7.54. The SMILES string of the molecule is CCC(CN)(CC(=O)O)c1ccc(Br)cc1. The summed E-state index contributed by atoms with van der Waals surface area (Å²) in [5, 5.41) is 8.96. The summed E-state index contributed by atoms with van der Waals surface area (Å²) in [7, 11) is 0. The van der Waals surface area contributed by atoms with E-state index in [0.717, 1.165) is 16.5 Å². The number of hydrogen-bond acceptors (Lipinski definition) is 2. The maximum Gasteiger partial charge on any atom is 0.304 e. The standard InChI is InChI=1S/C12H16BrNO2/c1-2-12(8-14,7-11(15)16)9-3-5-10(13)6-4-9/h3-6H,2,7-8,14H2,1H3,(H,15,16). The van der Waals surface area contributed by atoms with Gasteiger partial charge in [-0.3, -0.25) is 4.79 Å². The number of rotatable bonds is 5. The quantitative estimate of drug-likeness (QED) is 0.874. The van der Waals surface area contributed by atoms with Crippen molar-refractivity contribution in [3.05, 3.63) is 34.3 Å². The molecule has 0 radical (unpaired) electrons. The molecule has 88 valence electrons. The number of benzene rings is 1. The predicted octanol–water partition coefficient (Wildman–Crippen LogP) is 2.53. The van der Waals surface area contributed by atoms with Crippen molar-refractivity contribution < 1.29 is 9.90 Å². The van der Waals surface area contributed by atoms with E-state index >= 15 is 0 Å². The Labute approximate surface area is 104 Å². The third-order valence-electron chi connectivity index (χ3n) is 3.01. The van der Waals surface area contributed by atoms with Gasteiger partial charge in [0.05, 0.1) is 6.42 Å². The average molecular weight is 286 g/mol. The predicted molar refractivity (Wildman–Crippen MR) is 67.4 cm³/mol. The van der Waals surface area contributed by atoms with E-state index in [-0.39, 0.29) is 6.42 Å². The van der Waals surface area contributed by atoms with Crippen LogP contribution in [0.3, 0.4) is 0 Å². The Morgan fingerprint density at radius 3 is 2.38 bits per heavy atom. The van der Waals surface area contributed by atoms with E-state index in [0.29, 0.717) is 6.54 Å². The Balaban J connectivity index is 3.09. The van der Waals surface area contributed by atoms with Gasteiger partial charge in [-0.05, 0) is 24.1 Å². The smallest absolute Gasteiger partial charge is 0.304 e. The van der Waals surface area contributed by atoms with Gasteiger partial charge in [0.2, 0.25) is 0 Å². The molecule has 1 aromatic carbocycles. The van der Waals surface area contributed by atoms with Crippen LogP contribution < -0.4 is 5.73 Å². The van der Waals surface area contributed by atoms with Gasteiger partial charge in [-0.1, -0.05) is 35.0 Å². The second kappa shape index (κ2) is 5.46. The van der Waals surface area contributed by atoms with E-state index in [1.807, 2.05) is 31.2 Å². The minimum atomic E-state index is -0.810. The van der Waals surface area contributed by atoms with Crippen molar-refractivity contribution in [3.8, 4) is 0 Å². The first-order valence-electron chi connectivity index (χ1n) is 5.22. The lowest BCUT2D eigenvalue weighted by Crippen LogP contribution is -2.36. The molecule has 3 nitrogen and oxygen atoms in total. The molecule has 4 heteroatoms. The van der Waals surface area contributed by atoms with E-state index in [1.54, 1.807) is 0 Å². The molecule has 0 fully saturated rings. The number of hydrogen-bond donors (Lipinski definition) is 2. The van der Waals surface area contributed by atoms with Crippen molar-refractivity contribution in [2.75, 3.05) is 6.54 Å². The van der Waals surface area contributed by atoms with Crippen LogP contribution in [0.5, 0.6) is 0 Å². The molecule has 1 rings (SSSR count). The van der Waals surface area contributed by atoms with E-state index in [9.17, 15) is 4.79 Å². The summed E-state index contributed by atoms with van der Waals surface area (Å²) in [6, 6.07) is 7.70. The summed E-state index contributed by atoms with van der Waals surface area (Å²) in [6.07, 6.45) is 0.791. The van der Waals surface area contributed by atoms with Crippen LogP contribution in [0.2, 0.25) is 0 Å². The average Bonchev–Trinajstić information content (AvgIpc) is 2.27. The number of aliphatic carboxylic acids is 1. The molecule has 0 bridgehead atoms. The minimum absolute atomic E-state index is 0.0711. The molecule has 0 spiro atoms. The lowest BCUT2D eigenvalue weighted by molar-refractivity contribution is -0.138. The van der Waals surface area contributed by atoms with Crippen molar-refractivity contribution in [1.82, 2.24) is 0 Å². The molecule has 0 aliphatic carbocycles. The van der Waals surface area contributed by atoms with Gasteiger partial charge in [-0.15, -0.1) is 0 Å². The first-order valence-corrected chi connectivity index (χ1v) is 6.01. The first kappa shape index (κ1) is 13.2. The van der Waals surface area contributed by atoms with Crippen molar-refractivity contribution in [1.29, 1.82) is 0 Å². The zero-order valence-electron chi connectivity index (χ0n) is 9.24. The van der Waals surface area contributed by atoms with Crippen LogP contribution in [0.4, 0.5) is 0 Å². The van der Waals surface area contributed by atoms with Gasteiger partial charge < -0.3 is 10.8 Å². The van der Waals surface area contributed by atoms with Crippen LogP contribution in [0, 0.1) is 0 Å². The fraction of sp³-hybridized carbons (Fsp3) is 0.417. The van der Waals surface area contributed by atoms with Crippen molar-refractivity contribution in [2.45, 2.75) is 25.2 Å². The van der Waals surface area contributed by atoms with Crippen molar-refractivity contribution in [2.24, 2.45) is 5.73 Å². The molecular formula is C12H16BrNO2. The highest BCUT2D eigenvalue weighted by Crippen LogP contribution is 2.31. The number of carbonyl (C=O) groups is 1. The van der Waals surface area contributed by atoms with Crippen LogP contribution in [-0.4, -0.2) is 17.6 Å². The monoisotopic (exact) mass is 285 g/mol. The molecule has 0 aromatic heterocycles. The highest BCUT2D eigenvalue weighted by molar-refractivity contribution is 9.10. The highest BCUT2D eigenvalue weighted by atomic mass is 79.9. The Hall–Kier alpha value is -0.870. The van der Waals surface area contributed by atoms with Gasteiger partial charge in [-0.2, -0.15) is 0 Å². The lowest BCUT2D eigenvalue weighted by atomic mass is 9.75. The van der Waals surface area contributed by atoms with E-state index in [1.165, 1.54) is 0 Å². The molecular weight excluding hydrogens is 270 g/mol. The molecule has 1 unspecified atom stereocenters. The van der Waals surface area contributed by atoms with Gasteiger partial charge in [0.1, 0.15) is 0 Å². The maximum atomic E-state index is 10.9. The number of carboxylic acid groups (broad SMARTS) is 1. The number of halogens is 1. The topological polar surface area (TPSA) is 63.3 Å². The number of carboxylic acids is 1. The zero-order valence-corrected chi connectivity index (χ0v) is 10.8.